The molecular formula is C19H26F2IN5OS. The number of alkyl halides is 2. The van der Waals surface area contributed by atoms with Gasteiger partial charge in [-0.15, -0.1) is 35.3 Å². The Kier molecular flexibility index (Phi) is 9.85. The van der Waals surface area contributed by atoms with Crippen LogP contribution >= 0.6 is 35.3 Å². The predicted molar refractivity (Wildman–Crippen MR) is 124 cm³/mol. The molecule has 0 amide bonds. The van der Waals surface area contributed by atoms with Gasteiger partial charge in [0.25, 0.3) is 0 Å². The highest BCUT2D eigenvalue weighted by atomic mass is 127. The van der Waals surface area contributed by atoms with E-state index in [-0.39, 0.29) is 29.7 Å². The summed E-state index contributed by atoms with van der Waals surface area (Å²) in [6.07, 6.45) is 3.27. The van der Waals surface area contributed by atoms with Gasteiger partial charge in [0.15, 0.2) is 11.1 Å². The van der Waals surface area contributed by atoms with Gasteiger partial charge in [0.1, 0.15) is 5.75 Å². The minimum atomic E-state index is -2.85. The second kappa shape index (κ2) is 12.1. The number of guanidine groups is 1. The maximum absolute atomic E-state index is 12.5. The van der Waals surface area contributed by atoms with Crippen LogP contribution in [0.15, 0.2) is 34.6 Å². The summed E-state index contributed by atoms with van der Waals surface area (Å²) >= 11 is 1.69. The molecule has 6 nitrogen and oxygen atoms in total. The van der Waals surface area contributed by atoms with Crippen LogP contribution in [0.2, 0.25) is 0 Å². The first-order valence-corrected chi connectivity index (χ1v) is 10.2. The molecule has 0 aliphatic carbocycles. The van der Waals surface area contributed by atoms with Gasteiger partial charge in [0, 0.05) is 50.6 Å². The average molecular weight is 537 g/mol. The summed E-state index contributed by atoms with van der Waals surface area (Å²) < 4.78 is 29.6. The van der Waals surface area contributed by atoms with Gasteiger partial charge in [-0.3, -0.25) is 4.99 Å². The average Bonchev–Trinajstić information content (AvgIpc) is 3.37. The number of hydrogen-bond donors (Lipinski definition) is 2. The van der Waals surface area contributed by atoms with E-state index in [0.29, 0.717) is 24.6 Å². The molecule has 1 saturated heterocycles. The molecule has 2 aromatic rings. The summed E-state index contributed by atoms with van der Waals surface area (Å²) in [7, 11) is 1.67. The summed E-state index contributed by atoms with van der Waals surface area (Å²) in [6, 6.07) is 6.72. The molecule has 0 radical (unpaired) electrons. The molecule has 0 atom stereocenters. The monoisotopic (exact) mass is 537 g/mol. The molecule has 160 valence electrons. The quantitative estimate of drug-likeness (QED) is 0.304. The fourth-order valence-corrected chi connectivity index (χ4v) is 3.95. The van der Waals surface area contributed by atoms with E-state index in [1.54, 1.807) is 36.6 Å². The molecule has 0 unspecified atom stereocenters. The van der Waals surface area contributed by atoms with Crippen LogP contribution in [0.25, 0.3) is 0 Å². The lowest BCUT2D eigenvalue weighted by Crippen LogP contribution is -2.38. The molecule has 2 heterocycles. The first-order valence-electron chi connectivity index (χ1n) is 9.32. The molecule has 1 aliphatic heterocycles. The molecule has 10 heteroatoms. The number of ether oxygens (including phenoxy) is 1. The number of anilines is 1. The SMILES string of the molecule is CN=C(NCCc1csc(N2CCCC2)n1)NCc1ccccc1OC(F)F.I. The van der Waals surface area contributed by atoms with E-state index in [1.807, 2.05) is 0 Å². The second-order valence-corrected chi connectivity index (χ2v) is 7.24. The number of para-hydroxylation sites is 1. The maximum atomic E-state index is 12.5. The third-order valence-corrected chi connectivity index (χ3v) is 5.40. The Balaban J connectivity index is 0.00000300. The number of halogens is 3. The first kappa shape index (κ1) is 23.6. The molecule has 0 saturated carbocycles. The van der Waals surface area contributed by atoms with Crippen LogP contribution in [-0.4, -0.2) is 44.2 Å². The Hall–Kier alpha value is -1.69. The number of hydrogen-bond acceptors (Lipinski definition) is 5. The van der Waals surface area contributed by atoms with Gasteiger partial charge in [0.05, 0.1) is 5.69 Å². The van der Waals surface area contributed by atoms with E-state index >= 15 is 0 Å². The number of benzene rings is 1. The maximum Gasteiger partial charge on any atom is 0.387 e. The topological polar surface area (TPSA) is 61.8 Å². The highest BCUT2D eigenvalue weighted by molar-refractivity contribution is 14.0. The van der Waals surface area contributed by atoms with Crippen molar-refractivity contribution < 1.29 is 13.5 Å². The highest BCUT2D eigenvalue weighted by Gasteiger charge is 2.15. The Morgan fingerprint density at radius 2 is 2.03 bits per heavy atom. The predicted octanol–water partition coefficient (Wildman–Crippen LogP) is 3.87. The number of nitrogens with zero attached hydrogens (tertiary/aromatic N) is 3. The Bertz CT molecular complexity index is 783. The molecule has 29 heavy (non-hydrogen) atoms. The lowest BCUT2D eigenvalue weighted by molar-refractivity contribution is -0.0504. The standard InChI is InChI=1S/C19H25F2N5OS.HI/c1-22-18(24-12-14-6-2-3-7-16(14)27-17(20)21)23-9-8-15-13-28-19(25-15)26-10-4-5-11-26;/h2-3,6-7,13,17H,4-5,8-12H2,1H3,(H2,22,23,24);1H. The third-order valence-electron chi connectivity index (χ3n) is 4.45. The zero-order valence-electron chi connectivity index (χ0n) is 16.2. The van der Waals surface area contributed by atoms with Crippen molar-refractivity contribution in [2.75, 3.05) is 31.6 Å². The van der Waals surface area contributed by atoms with Crippen molar-refractivity contribution in [3.8, 4) is 5.75 Å². The molecule has 0 spiro atoms. The second-order valence-electron chi connectivity index (χ2n) is 6.40. The minimum absolute atomic E-state index is 0. The Morgan fingerprint density at radius 1 is 1.28 bits per heavy atom. The number of thiazole rings is 1. The molecule has 3 rings (SSSR count). The summed E-state index contributed by atoms with van der Waals surface area (Å²) in [5.41, 5.74) is 1.70. The van der Waals surface area contributed by atoms with Crippen molar-refractivity contribution >= 4 is 46.4 Å². The summed E-state index contributed by atoms with van der Waals surface area (Å²) in [6.45, 7) is 0.357. The third kappa shape index (κ3) is 7.25. The van der Waals surface area contributed by atoms with Crippen molar-refractivity contribution in [1.82, 2.24) is 15.6 Å². The van der Waals surface area contributed by atoms with Gasteiger partial charge >= 0.3 is 6.61 Å². The van der Waals surface area contributed by atoms with Gasteiger partial charge in [0.2, 0.25) is 0 Å². The molecule has 0 bridgehead atoms. The van der Waals surface area contributed by atoms with Gasteiger partial charge in [-0.25, -0.2) is 4.98 Å². The summed E-state index contributed by atoms with van der Waals surface area (Å²) in [5, 5.41) is 9.55. The molecule has 2 N–H and O–H groups in total. The van der Waals surface area contributed by atoms with Crippen LogP contribution in [0.3, 0.4) is 0 Å². The Labute approximate surface area is 190 Å². The van der Waals surface area contributed by atoms with Crippen molar-refractivity contribution in [3.05, 3.63) is 40.9 Å². The molecular weight excluding hydrogens is 511 g/mol. The number of aromatic nitrogens is 1. The summed E-state index contributed by atoms with van der Waals surface area (Å²) in [4.78, 5) is 11.2. The van der Waals surface area contributed by atoms with Crippen LogP contribution in [0.1, 0.15) is 24.1 Å². The molecule has 1 aromatic heterocycles. The van der Waals surface area contributed by atoms with Gasteiger partial charge in [-0.2, -0.15) is 8.78 Å². The van der Waals surface area contributed by atoms with Crippen molar-refractivity contribution in [2.24, 2.45) is 4.99 Å². The smallest absolute Gasteiger partial charge is 0.387 e. The van der Waals surface area contributed by atoms with Crippen molar-refractivity contribution in [1.29, 1.82) is 0 Å². The van der Waals surface area contributed by atoms with E-state index in [0.717, 1.165) is 30.3 Å². The number of aliphatic imine (C=N–C) groups is 1. The molecule has 1 aromatic carbocycles. The van der Waals surface area contributed by atoms with Crippen LogP contribution in [0.5, 0.6) is 5.75 Å². The van der Waals surface area contributed by atoms with E-state index < -0.39 is 6.61 Å². The van der Waals surface area contributed by atoms with Crippen LogP contribution < -0.4 is 20.3 Å². The zero-order chi connectivity index (χ0) is 19.8. The minimum Gasteiger partial charge on any atom is -0.434 e. The van der Waals surface area contributed by atoms with E-state index in [1.165, 1.54) is 18.9 Å². The van der Waals surface area contributed by atoms with Crippen molar-refractivity contribution in [3.63, 3.8) is 0 Å². The van der Waals surface area contributed by atoms with E-state index in [4.69, 9.17) is 4.98 Å². The van der Waals surface area contributed by atoms with E-state index in [9.17, 15) is 8.78 Å². The normalized spacial score (nSPS) is 14.1. The van der Waals surface area contributed by atoms with Crippen molar-refractivity contribution in [2.45, 2.75) is 32.4 Å². The number of nitrogens with one attached hydrogen (secondary N) is 2. The number of rotatable bonds is 8. The van der Waals surface area contributed by atoms with Gasteiger partial charge < -0.3 is 20.3 Å². The fourth-order valence-electron chi connectivity index (χ4n) is 3.03. The Morgan fingerprint density at radius 3 is 2.76 bits per heavy atom. The molecule has 1 fully saturated rings. The lowest BCUT2D eigenvalue weighted by Gasteiger charge is -2.14. The lowest BCUT2D eigenvalue weighted by atomic mass is 10.2. The largest absolute Gasteiger partial charge is 0.434 e. The fraction of sp³-hybridized carbons (Fsp3) is 0.474. The zero-order valence-corrected chi connectivity index (χ0v) is 19.4. The van der Waals surface area contributed by atoms with Crippen LogP contribution in [-0.2, 0) is 13.0 Å². The van der Waals surface area contributed by atoms with Gasteiger partial charge in [-0.05, 0) is 18.9 Å². The van der Waals surface area contributed by atoms with Crippen LogP contribution in [0, 0.1) is 0 Å². The van der Waals surface area contributed by atoms with E-state index in [2.05, 4.69) is 30.6 Å². The molecule has 1 aliphatic rings. The van der Waals surface area contributed by atoms with Crippen LogP contribution in [0.4, 0.5) is 13.9 Å². The summed E-state index contributed by atoms with van der Waals surface area (Å²) in [5.74, 6) is 0.763. The highest BCUT2D eigenvalue weighted by Crippen LogP contribution is 2.24. The van der Waals surface area contributed by atoms with Gasteiger partial charge in [-0.1, -0.05) is 18.2 Å². The first-order chi connectivity index (χ1) is 13.7.